The summed E-state index contributed by atoms with van der Waals surface area (Å²) >= 11 is 13.2. The summed E-state index contributed by atoms with van der Waals surface area (Å²) in [6, 6.07) is 9.86. The second-order valence-electron chi connectivity index (χ2n) is 10.2. The first-order chi connectivity index (χ1) is 18.7. The molecule has 0 spiro atoms. The van der Waals surface area contributed by atoms with Gasteiger partial charge >= 0.3 is 0 Å². The van der Waals surface area contributed by atoms with E-state index in [4.69, 9.17) is 27.9 Å². The molecule has 0 unspecified atom stereocenters. The van der Waals surface area contributed by atoms with Gasteiger partial charge in [-0.2, -0.15) is 4.31 Å². The van der Waals surface area contributed by atoms with Gasteiger partial charge in [0.1, 0.15) is 28.8 Å². The van der Waals surface area contributed by atoms with Crippen LogP contribution >= 0.6 is 48.0 Å². The van der Waals surface area contributed by atoms with Gasteiger partial charge in [-0.1, -0.05) is 35.3 Å². The molecule has 13 heteroatoms. The van der Waals surface area contributed by atoms with Crippen molar-refractivity contribution in [1.29, 1.82) is 0 Å². The highest BCUT2D eigenvalue weighted by molar-refractivity contribution is 7.89. The highest BCUT2D eigenvalue weighted by atomic mass is 35.5. The lowest BCUT2D eigenvalue weighted by atomic mass is 10.1. The molecule has 0 saturated carbocycles. The Hall–Kier alpha value is -1.85. The predicted octanol–water partition coefficient (Wildman–Crippen LogP) is 5.60. The largest absolute Gasteiger partial charge is 0.487 e. The summed E-state index contributed by atoms with van der Waals surface area (Å²) in [4.78, 5) is 17.7. The molecule has 2 saturated heterocycles. The number of rotatable bonds is 7. The van der Waals surface area contributed by atoms with Crippen molar-refractivity contribution in [2.45, 2.75) is 63.1 Å². The van der Waals surface area contributed by atoms with Crippen molar-refractivity contribution in [2.75, 3.05) is 19.6 Å². The number of aryl methyl sites for hydroxylation is 2. The number of nitrogens with one attached hydrogen (secondary N) is 2. The van der Waals surface area contributed by atoms with Gasteiger partial charge in [-0.3, -0.25) is 4.79 Å². The Balaban J connectivity index is 0.00000231. The molecule has 5 rings (SSSR count). The highest BCUT2D eigenvalue weighted by Gasteiger charge is 2.41. The minimum Gasteiger partial charge on any atom is -0.487 e. The maximum atomic E-state index is 13.8. The van der Waals surface area contributed by atoms with E-state index < -0.39 is 16.1 Å². The van der Waals surface area contributed by atoms with Crippen molar-refractivity contribution >= 4 is 74.8 Å². The monoisotopic (exact) mass is 662 g/mol. The number of carbonyl (C=O) groups is 1. The summed E-state index contributed by atoms with van der Waals surface area (Å²) in [6.07, 6.45) is 2.70. The molecule has 224 valence electrons. The highest BCUT2D eigenvalue weighted by Crippen LogP contribution is 2.36. The number of ether oxygens (including phenoxy) is 1. The number of aromatic nitrogens is 1. The topological polar surface area (TPSA) is 101 Å². The number of hydrogen-bond donors (Lipinski definition) is 2. The van der Waals surface area contributed by atoms with E-state index in [-0.39, 0.29) is 59.8 Å². The molecule has 1 amide bonds. The van der Waals surface area contributed by atoms with Crippen molar-refractivity contribution in [2.24, 2.45) is 0 Å². The van der Waals surface area contributed by atoms with Gasteiger partial charge in [0.25, 0.3) is 0 Å². The Bertz CT molecular complexity index is 1520. The molecular formula is C28H34Cl4N4O4S. The second kappa shape index (κ2) is 14.1. The fourth-order valence-corrected chi connectivity index (χ4v) is 7.93. The van der Waals surface area contributed by atoms with Gasteiger partial charge in [-0.05, 0) is 82.4 Å². The van der Waals surface area contributed by atoms with Crippen LogP contribution in [0.1, 0.15) is 42.5 Å². The average Bonchev–Trinajstić information content (AvgIpc) is 3.41. The van der Waals surface area contributed by atoms with Crippen LogP contribution in [0, 0.1) is 13.8 Å². The van der Waals surface area contributed by atoms with Gasteiger partial charge in [0.2, 0.25) is 15.9 Å². The zero-order chi connectivity index (χ0) is 27.7. The molecule has 8 nitrogen and oxygen atoms in total. The molecule has 2 aliphatic rings. The van der Waals surface area contributed by atoms with Gasteiger partial charge in [-0.25, -0.2) is 13.4 Å². The SMILES string of the molecule is Cc1cc(C)c2cccc(OCc3c(Cl)ccc(S(=O)(=O)N4CCC[C@H]4C(=O)NC4CCNCC4)c3Cl)c2n1.Cl.Cl. The van der Waals surface area contributed by atoms with Crippen LogP contribution in [0.2, 0.25) is 10.0 Å². The van der Waals surface area contributed by atoms with E-state index in [2.05, 4.69) is 15.6 Å². The molecule has 0 radical (unpaired) electrons. The molecule has 2 aliphatic heterocycles. The van der Waals surface area contributed by atoms with Crippen molar-refractivity contribution in [3.05, 3.63) is 63.3 Å². The normalized spacial score (nSPS) is 18.0. The Morgan fingerprint density at radius 2 is 1.85 bits per heavy atom. The van der Waals surface area contributed by atoms with Crippen LogP contribution in [-0.4, -0.2) is 55.3 Å². The lowest BCUT2D eigenvalue weighted by Gasteiger charge is -2.28. The number of carbonyl (C=O) groups excluding carboxylic acids is 1. The Morgan fingerprint density at radius 1 is 1.12 bits per heavy atom. The summed E-state index contributed by atoms with van der Waals surface area (Å²) in [7, 11) is -4.07. The minimum absolute atomic E-state index is 0. The first kappa shape index (κ1) is 33.6. The third-order valence-electron chi connectivity index (χ3n) is 7.44. The summed E-state index contributed by atoms with van der Waals surface area (Å²) in [5.74, 6) is 0.291. The Morgan fingerprint density at radius 3 is 2.59 bits per heavy atom. The van der Waals surface area contributed by atoms with E-state index in [0.29, 0.717) is 34.7 Å². The maximum Gasteiger partial charge on any atom is 0.245 e. The fraction of sp³-hybridized carbons (Fsp3) is 0.429. The summed E-state index contributed by atoms with van der Waals surface area (Å²) in [5, 5.41) is 7.56. The summed E-state index contributed by atoms with van der Waals surface area (Å²) < 4.78 is 35.0. The zero-order valence-electron chi connectivity index (χ0n) is 22.8. The number of sulfonamides is 1. The van der Waals surface area contributed by atoms with Gasteiger partial charge in [-0.15, -0.1) is 24.8 Å². The van der Waals surface area contributed by atoms with Crippen LogP contribution in [0.3, 0.4) is 0 Å². The van der Waals surface area contributed by atoms with Crippen LogP contribution in [0.25, 0.3) is 10.9 Å². The quantitative estimate of drug-likeness (QED) is 0.341. The van der Waals surface area contributed by atoms with E-state index in [1.165, 1.54) is 16.4 Å². The third kappa shape index (κ3) is 7.04. The third-order valence-corrected chi connectivity index (χ3v) is 10.3. The predicted molar refractivity (Wildman–Crippen MR) is 167 cm³/mol. The first-order valence-electron chi connectivity index (χ1n) is 13.2. The van der Waals surface area contributed by atoms with Crippen molar-refractivity contribution in [3.63, 3.8) is 0 Å². The van der Waals surface area contributed by atoms with E-state index >= 15 is 0 Å². The van der Waals surface area contributed by atoms with Crippen molar-refractivity contribution in [1.82, 2.24) is 19.9 Å². The van der Waals surface area contributed by atoms with Crippen LogP contribution in [0.5, 0.6) is 5.75 Å². The van der Waals surface area contributed by atoms with E-state index in [1.807, 2.05) is 38.1 Å². The van der Waals surface area contributed by atoms with Crippen LogP contribution in [-0.2, 0) is 21.4 Å². The molecular weight excluding hydrogens is 630 g/mol. The number of para-hydroxylation sites is 1. The fourth-order valence-electron chi connectivity index (χ4n) is 5.41. The number of nitrogens with zero attached hydrogens (tertiary/aromatic N) is 2. The smallest absolute Gasteiger partial charge is 0.245 e. The lowest BCUT2D eigenvalue weighted by molar-refractivity contribution is -0.125. The molecule has 2 fully saturated rings. The number of hydrogen-bond acceptors (Lipinski definition) is 6. The molecule has 1 atom stereocenters. The summed E-state index contributed by atoms with van der Waals surface area (Å²) in [6.45, 7) is 5.80. The average molecular weight is 664 g/mol. The number of halogens is 4. The van der Waals surface area contributed by atoms with Gasteiger partial charge in [0.15, 0.2) is 0 Å². The zero-order valence-corrected chi connectivity index (χ0v) is 26.7. The van der Waals surface area contributed by atoms with Gasteiger partial charge < -0.3 is 15.4 Å². The Kier molecular flexibility index (Phi) is 11.6. The van der Waals surface area contributed by atoms with Crippen LogP contribution in [0.4, 0.5) is 0 Å². The van der Waals surface area contributed by atoms with Crippen molar-refractivity contribution < 1.29 is 17.9 Å². The molecule has 0 bridgehead atoms. The maximum absolute atomic E-state index is 13.8. The van der Waals surface area contributed by atoms with Gasteiger partial charge in [0.05, 0.1) is 5.02 Å². The summed E-state index contributed by atoms with van der Waals surface area (Å²) in [5.41, 5.74) is 3.02. The van der Waals surface area contributed by atoms with Gasteiger partial charge in [0, 0.05) is 34.3 Å². The molecule has 0 aliphatic carbocycles. The number of amides is 1. The van der Waals surface area contributed by atoms with E-state index in [0.717, 1.165) is 42.6 Å². The molecule has 3 aromatic rings. The number of piperidine rings is 1. The van der Waals surface area contributed by atoms with Crippen LogP contribution < -0.4 is 15.4 Å². The number of pyridine rings is 1. The molecule has 41 heavy (non-hydrogen) atoms. The lowest BCUT2D eigenvalue weighted by Crippen LogP contribution is -2.51. The van der Waals surface area contributed by atoms with E-state index in [1.54, 1.807) is 0 Å². The first-order valence-corrected chi connectivity index (χ1v) is 15.4. The standard InChI is InChI=1S/C28H32Cl2N4O4S.2ClH/c1-17-15-18(2)32-27-20(17)5-3-7-24(27)38-16-21-22(29)8-9-25(26(21)30)39(36,37)34-14-4-6-23(34)28(35)33-19-10-12-31-13-11-19;;/h3,5,7-9,15,19,23,31H,4,6,10-14,16H2,1-2H3,(H,33,35);2*1H/t23-;;/m0../s1. The minimum atomic E-state index is -4.07. The molecule has 2 aromatic carbocycles. The molecule has 1 aromatic heterocycles. The van der Waals surface area contributed by atoms with E-state index in [9.17, 15) is 13.2 Å². The number of fused-ring (bicyclic) bond motifs is 1. The molecule has 3 heterocycles. The Labute approximate surface area is 263 Å². The second-order valence-corrected chi connectivity index (χ2v) is 12.8. The van der Waals surface area contributed by atoms with Crippen LogP contribution in [0.15, 0.2) is 41.3 Å². The molecule has 2 N–H and O–H groups in total. The number of benzene rings is 2. The van der Waals surface area contributed by atoms with Crippen molar-refractivity contribution in [3.8, 4) is 5.75 Å².